The van der Waals surface area contributed by atoms with Gasteiger partial charge in [-0.3, -0.25) is 9.59 Å². The number of phenolic OH excluding ortho intramolecular Hbond substituents is 1. The van der Waals surface area contributed by atoms with E-state index in [2.05, 4.69) is 10.6 Å². The molecule has 9 nitrogen and oxygen atoms in total. The Morgan fingerprint density at radius 1 is 1.00 bits per heavy atom. The molecule has 0 aromatic heterocycles. The van der Waals surface area contributed by atoms with Gasteiger partial charge in [-0.15, -0.1) is 0 Å². The fourth-order valence-electron chi connectivity index (χ4n) is 4.06. The molecule has 0 radical (unpaired) electrons. The number of anilines is 1. The van der Waals surface area contributed by atoms with E-state index in [9.17, 15) is 24.6 Å². The van der Waals surface area contributed by atoms with Crippen molar-refractivity contribution in [2.45, 2.75) is 85.0 Å². The zero-order valence-corrected chi connectivity index (χ0v) is 23.6. The summed E-state index contributed by atoms with van der Waals surface area (Å²) in [4.78, 5) is 41.9. The average Bonchev–Trinajstić information content (AvgIpc) is 2.81. The van der Waals surface area contributed by atoms with Gasteiger partial charge >= 0.3 is 6.09 Å². The van der Waals surface area contributed by atoms with E-state index in [0.29, 0.717) is 17.7 Å². The number of nitrogens with zero attached hydrogens (tertiary/aromatic N) is 1. The highest BCUT2D eigenvalue weighted by atomic mass is 16.6. The predicted molar refractivity (Wildman–Crippen MR) is 147 cm³/mol. The number of aromatic hydroxyl groups is 1. The molecule has 0 aliphatic rings. The lowest BCUT2D eigenvalue weighted by Crippen LogP contribution is -2.59. The van der Waals surface area contributed by atoms with E-state index < -0.39 is 47.7 Å². The molecule has 4 N–H and O–H groups in total. The molecule has 2 rings (SSSR count). The van der Waals surface area contributed by atoms with Crippen LogP contribution >= 0.6 is 0 Å². The number of carbonyl (C=O) groups excluding carboxylic acids is 3. The first-order chi connectivity index (χ1) is 17.6. The third-order valence-electron chi connectivity index (χ3n) is 6.35. The summed E-state index contributed by atoms with van der Waals surface area (Å²) in [6.45, 7) is 13.6. The molecule has 208 valence electrons. The molecule has 0 bridgehead atoms. The van der Waals surface area contributed by atoms with Gasteiger partial charge in [0.25, 0.3) is 5.91 Å². The van der Waals surface area contributed by atoms with Crippen molar-refractivity contribution in [3.63, 3.8) is 0 Å². The monoisotopic (exact) mass is 527 g/mol. The van der Waals surface area contributed by atoms with Crippen molar-refractivity contribution in [1.29, 1.82) is 0 Å². The number of nitrogens with one attached hydrogen (secondary N) is 2. The first-order valence-electron chi connectivity index (χ1n) is 12.7. The van der Waals surface area contributed by atoms with Gasteiger partial charge in [0.1, 0.15) is 23.4 Å². The van der Waals surface area contributed by atoms with Gasteiger partial charge in [-0.1, -0.05) is 37.3 Å². The summed E-state index contributed by atoms with van der Waals surface area (Å²) in [5.41, 5.74) is 0.979. The van der Waals surface area contributed by atoms with Crippen LogP contribution in [0, 0.1) is 13.8 Å². The minimum absolute atomic E-state index is 0.0698. The van der Waals surface area contributed by atoms with Gasteiger partial charge in [-0.2, -0.15) is 0 Å². The number of amides is 3. The minimum Gasteiger partial charge on any atom is -0.508 e. The Labute approximate surface area is 225 Å². The number of aliphatic hydroxyl groups excluding tert-OH is 1. The quantitative estimate of drug-likeness (QED) is 0.378. The van der Waals surface area contributed by atoms with Gasteiger partial charge in [0.15, 0.2) is 0 Å². The lowest BCUT2D eigenvalue weighted by atomic mass is 9.91. The molecule has 0 spiro atoms. The molecule has 0 fully saturated rings. The van der Waals surface area contributed by atoms with Crippen LogP contribution < -0.4 is 10.6 Å². The highest BCUT2D eigenvalue weighted by Crippen LogP contribution is 2.34. The van der Waals surface area contributed by atoms with Gasteiger partial charge in [0.05, 0.1) is 6.61 Å². The number of alkyl carbamates (subject to hydrolysis) is 1. The largest absolute Gasteiger partial charge is 0.508 e. The Bertz CT molecular complexity index is 1130. The van der Waals surface area contributed by atoms with Crippen molar-refractivity contribution in [2.75, 3.05) is 11.9 Å². The Morgan fingerprint density at radius 3 is 2.08 bits per heavy atom. The highest BCUT2D eigenvalue weighted by Gasteiger charge is 2.43. The van der Waals surface area contributed by atoms with Gasteiger partial charge in [0, 0.05) is 11.2 Å². The number of aliphatic hydroxyl groups is 1. The highest BCUT2D eigenvalue weighted by molar-refractivity contribution is 6.00. The summed E-state index contributed by atoms with van der Waals surface area (Å²) >= 11 is 0. The number of ether oxygens (including phenoxy) is 1. The summed E-state index contributed by atoms with van der Waals surface area (Å²) in [6, 6.07) is 9.20. The van der Waals surface area contributed by atoms with Gasteiger partial charge in [-0.05, 0) is 83.7 Å². The van der Waals surface area contributed by atoms with Crippen molar-refractivity contribution in [1.82, 2.24) is 10.2 Å². The lowest BCUT2D eigenvalue weighted by molar-refractivity contribution is -0.148. The van der Waals surface area contributed by atoms with Crippen LogP contribution in [0.3, 0.4) is 0 Å². The molecular formula is C29H41N3O6. The molecule has 0 heterocycles. The SMILES string of the molecule is CCC(C)(C)N(C(=O)C(CO)NC(=O)OC(C)(C)C)C(C(=O)Nc1c(C)cccc1C)c1cccc(O)c1. The maximum absolute atomic E-state index is 14.0. The maximum atomic E-state index is 14.0. The smallest absolute Gasteiger partial charge is 0.408 e. The summed E-state index contributed by atoms with van der Waals surface area (Å²) in [7, 11) is 0. The number of carbonyl (C=O) groups is 3. The van der Waals surface area contributed by atoms with Crippen LogP contribution in [0.4, 0.5) is 10.5 Å². The zero-order valence-electron chi connectivity index (χ0n) is 23.6. The van der Waals surface area contributed by atoms with Crippen LogP contribution in [0.25, 0.3) is 0 Å². The molecule has 2 aromatic carbocycles. The molecule has 3 amide bonds. The number of hydrogen-bond donors (Lipinski definition) is 4. The maximum Gasteiger partial charge on any atom is 0.408 e. The van der Waals surface area contributed by atoms with E-state index in [1.165, 1.54) is 17.0 Å². The van der Waals surface area contributed by atoms with Gasteiger partial charge in [0.2, 0.25) is 5.91 Å². The first kappa shape index (κ1) is 30.6. The predicted octanol–water partition coefficient (Wildman–Crippen LogP) is 4.59. The van der Waals surface area contributed by atoms with Crippen LogP contribution in [0.2, 0.25) is 0 Å². The van der Waals surface area contributed by atoms with Crippen molar-refractivity contribution in [3.05, 3.63) is 59.2 Å². The molecular weight excluding hydrogens is 486 g/mol. The molecule has 2 atom stereocenters. The second-order valence-corrected chi connectivity index (χ2v) is 11.0. The van der Waals surface area contributed by atoms with E-state index in [1.807, 2.05) is 39.0 Å². The van der Waals surface area contributed by atoms with Crippen molar-refractivity contribution in [3.8, 4) is 5.75 Å². The topological polar surface area (TPSA) is 128 Å². The molecule has 2 aromatic rings. The van der Waals surface area contributed by atoms with E-state index in [1.54, 1.807) is 46.8 Å². The van der Waals surface area contributed by atoms with E-state index in [0.717, 1.165) is 11.1 Å². The summed E-state index contributed by atoms with van der Waals surface area (Å²) in [5.74, 6) is -1.24. The Kier molecular flexibility index (Phi) is 9.92. The van der Waals surface area contributed by atoms with Crippen LogP contribution in [-0.4, -0.2) is 56.8 Å². The molecule has 0 saturated heterocycles. The van der Waals surface area contributed by atoms with Gasteiger partial charge in [-0.25, -0.2) is 4.79 Å². The molecule has 38 heavy (non-hydrogen) atoms. The molecule has 0 aliphatic heterocycles. The molecule has 9 heteroatoms. The van der Waals surface area contributed by atoms with Crippen LogP contribution in [0.5, 0.6) is 5.75 Å². The second-order valence-electron chi connectivity index (χ2n) is 11.0. The Balaban J connectivity index is 2.62. The molecule has 0 saturated carbocycles. The van der Waals surface area contributed by atoms with E-state index in [-0.39, 0.29) is 5.75 Å². The number of phenols is 1. The third-order valence-corrected chi connectivity index (χ3v) is 6.35. The summed E-state index contributed by atoms with van der Waals surface area (Å²) < 4.78 is 5.28. The molecule has 0 aliphatic carbocycles. The Morgan fingerprint density at radius 2 is 1.58 bits per heavy atom. The summed E-state index contributed by atoms with van der Waals surface area (Å²) in [5, 5.41) is 25.8. The van der Waals surface area contributed by atoms with Crippen LogP contribution in [-0.2, 0) is 14.3 Å². The van der Waals surface area contributed by atoms with Crippen LogP contribution in [0.15, 0.2) is 42.5 Å². The zero-order chi connectivity index (χ0) is 28.8. The van der Waals surface area contributed by atoms with E-state index >= 15 is 0 Å². The Hall–Kier alpha value is -3.59. The standard InChI is InChI=1S/C29H41N3O6/c1-9-29(7,8)32(26(36)22(17-33)30-27(37)38-28(4,5)6)24(20-14-11-15-21(34)16-20)25(35)31-23-18(2)12-10-13-19(23)3/h10-16,22,24,33-34H,9,17H2,1-8H3,(H,30,37)(H,31,35). The fraction of sp³-hybridized carbons (Fsp3) is 0.483. The van der Waals surface area contributed by atoms with Crippen molar-refractivity contribution >= 4 is 23.6 Å². The number of aryl methyl sites for hydroxylation is 2. The van der Waals surface area contributed by atoms with E-state index in [4.69, 9.17) is 4.74 Å². The normalized spacial score (nSPS) is 13.3. The fourth-order valence-corrected chi connectivity index (χ4v) is 4.06. The molecule has 2 unspecified atom stereocenters. The second kappa shape index (κ2) is 12.3. The number of para-hydroxylation sites is 1. The van der Waals surface area contributed by atoms with Crippen molar-refractivity contribution in [2.24, 2.45) is 0 Å². The van der Waals surface area contributed by atoms with Crippen molar-refractivity contribution < 1.29 is 29.3 Å². The summed E-state index contributed by atoms with van der Waals surface area (Å²) in [6.07, 6.45) is -0.414. The lowest BCUT2D eigenvalue weighted by Gasteiger charge is -2.44. The van der Waals surface area contributed by atoms with Gasteiger partial charge < -0.3 is 30.5 Å². The number of hydrogen-bond acceptors (Lipinski definition) is 6. The average molecular weight is 528 g/mol. The van der Waals surface area contributed by atoms with Crippen LogP contribution in [0.1, 0.15) is 70.7 Å². The minimum atomic E-state index is -1.37. The number of rotatable bonds is 9. The third kappa shape index (κ3) is 7.71. The first-order valence-corrected chi connectivity index (χ1v) is 12.7. The number of benzene rings is 2.